The number of halogens is 2. The average Bonchev–Trinajstić information content (AvgIpc) is 2.68. The number of aliphatic hydroxyl groups excluding tert-OH is 1. The van der Waals surface area contributed by atoms with Crippen LogP contribution in [0.4, 0.5) is 8.78 Å². The van der Waals surface area contributed by atoms with E-state index in [9.17, 15) is 8.78 Å². The molecule has 5 nitrogen and oxygen atoms in total. The first-order valence-electron chi connectivity index (χ1n) is 7.38. The van der Waals surface area contributed by atoms with Gasteiger partial charge in [0.1, 0.15) is 0 Å². The molecule has 1 saturated heterocycles. The highest BCUT2D eigenvalue weighted by atomic mass is 19.3. The fourth-order valence-electron chi connectivity index (χ4n) is 2.82. The van der Waals surface area contributed by atoms with Crippen LogP contribution in [0, 0.1) is 13.8 Å². The molecule has 0 saturated carbocycles. The molecule has 21 heavy (non-hydrogen) atoms. The van der Waals surface area contributed by atoms with Crippen molar-refractivity contribution in [1.82, 2.24) is 19.6 Å². The van der Waals surface area contributed by atoms with Crippen LogP contribution >= 0.6 is 0 Å². The first kappa shape index (κ1) is 16.3. The summed E-state index contributed by atoms with van der Waals surface area (Å²) < 4.78 is 26.5. The Morgan fingerprint density at radius 2 is 1.76 bits per heavy atom. The molecule has 1 aliphatic heterocycles. The Labute approximate surface area is 124 Å². The van der Waals surface area contributed by atoms with Crippen molar-refractivity contribution in [2.45, 2.75) is 33.4 Å². The smallest absolute Gasteiger partial charge is 0.251 e. The zero-order valence-corrected chi connectivity index (χ0v) is 12.7. The van der Waals surface area contributed by atoms with Crippen LogP contribution in [-0.2, 0) is 13.1 Å². The van der Waals surface area contributed by atoms with Gasteiger partial charge >= 0.3 is 0 Å². The maximum atomic E-state index is 12.4. The lowest BCUT2D eigenvalue weighted by Gasteiger charge is -2.34. The molecule has 120 valence electrons. The Morgan fingerprint density at radius 3 is 2.33 bits per heavy atom. The monoisotopic (exact) mass is 302 g/mol. The third kappa shape index (κ3) is 4.21. The van der Waals surface area contributed by atoms with Crippen LogP contribution in [0.5, 0.6) is 0 Å². The number of alkyl halides is 2. The molecule has 0 amide bonds. The van der Waals surface area contributed by atoms with Crippen molar-refractivity contribution >= 4 is 0 Å². The Hall–Kier alpha value is -1.05. The largest absolute Gasteiger partial charge is 0.394 e. The van der Waals surface area contributed by atoms with E-state index < -0.39 is 6.43 Å². The van der Waals surface area contributed by atoms with Gasteiger partial charge in [0, 0.05) is 44.0 Å². The van der Waals surface area contributed by atoms with Gasteiger partial charge in [0.15, 0.2) is 0 Å². The summed E-state index contributed by atoms with van der Waals surface area (Å²) >= 11 is 0. The summed E-state index contributed by atoms with van der Waals surface area (Å²) in [6.07, 6.45) is -2.25. The molecule has 2 rings (SSSR count). The maximum Gasteiger partial charge on any atom is 0.251 e. The average molecular weight is 302 g/mol. The second-order valence-electron chi connectivity index (χ2n) is 5.56. The van der Waals surface area contributed by atoms with Crippen molar-refractivity contribution in [2.75, 3.05) is 39.3 Å². The van der Waals surface area contributed by atoms with Crippen molar-refractivity contribution in [3.63, 3.8) is 0 Å². The Kier molecular flexibility index (Phi) is 5.66. The van der Waals surface area contributed by atoms with Gasteiger partial charge in [-0.2, -0.15) is 5.10 Å². The quantitative estimate of drug-likeness (QED) is 0.847. The fraction of sp³-hybridized carbons (Fsp3) is 0.786. The second kappa shape index (κ2) is 7.29. The van der Waals surface area contributed by atoms with Crippen molar-refractivity contribution in [1.29, 1.82) is 0 Å². The molecule has 0 bridgehead atoms. The highest BCUT2D eigenvalue weighted by molar-refractivity contribution is 5.24. The molecular formula is C14H24F2N4O. The van der Waals surface area contributed by atoms with E-state index in [0.717, 1.165) is 31.0 Å². The van der Waals surface area contributed by atoms with Crippen molar-refractivity contribution < 1.29 is 13.9 Å². The lowest BCUT2D eigenvalue weighted by Crippen LogP contribution is -2.47. The summed E-state index contributed by atoms with van der Waals surface area (Å²) in [5.74, 6) is 0. The molecule has 0 radical (unpaired) electrons. The van der Waals surface area contributed by atoms with E-state index in [-0.39, 0.29) is 13.2 Å². The number of hydrogen-bond donors (Lipinski definition) is 1. The molecule has 1 N–H and O–H groups in total. The number of aryl methyl sites for hydroxylation is 1. The Bertz CT molecular complexity index is 456. The zero-order chi connectivity index (χ0) is 15.4. The van der Waals surface area contributed by atoms with Crippen LogP contribution in [-0.4, -0.2) is 70.4 Å². The van der Waals surface area contributed by atoms with Gasteiger partial charge < -0.3 is 5.11 Å². The van der Waals surface area contributed by atoms with Gasteiger partial charge in [-0.25, -0.2) is 8.78 Å². The summed E-state index contributed by atoms with van der Waals surface area (Å²) in [4.78, 5) is 4.10. The van der Waals surface area contributed by atoms with Crippen molar-refractivity contribution in [3.8, 4) is 0 Å². The highest BCUT2D eigenvalue weighted by Crippen LogP contribution is 2.17. The first-order valence-corrected chi connectivity index (χ1v) is 7.38. The van der Waals surface area contributed by atoms with Crippen LogP contribution in [0.3, 0.4) is 0 Å². The van der Waals surface area contributed by atoms with Crippen LogP contribution in [0.25, 0.3) is 0 Å². The molecular weight excluding hydrogens is 278 g/mol. The van der Waals surface area contributed by atoms with Crippen molar-refractivity contribution in [2.24, 2.45) is 0 Å². The minimum atomic E-state index is -2.25. The summed E-state index contributed by atoms with van der Waals surface area (Å²) in [5, 5.41) is 13.5. The topological polar surface area (TPSA) is 44.5 Å². The maximum absolute atomic E-state index is 12.4. The van der Waals surface area contributed by atoms with E-state index >= 15 is 0 Å². The molecule has 0 aromatic carbocycles. The molecule has 7 heteroatoms. The molecule has 0 atom stereocenters. The molecule has 1 fully saturated rings. The normalized spacial score (nSPS) is 17.8. The van der Waals surface area contributed by atoms with E-state index in [0.29, 0.717) is 19.6 Å². The molecule has 2 heterocycles. The third-order valence-electron chi connectivity index (χ3n) is 4.09. The van der Waals surface area contributed by atoms with E-state index in [1.165, 1.54) is 5.56 Å². The lowest BCUT2D eigenvalue weighted by atomic mass is 10.1. The molecule has 0 unspecified atom stereocenters. The summed E-state index contributed by atoms with van der Waals surface area (Å²) in [6, 6.07) is 0. The number of piperazine rings is 1. The van der Waals surface area contributed by atoms with Gasteiger partial charge in [-0.1, -0.05) is 0 Å². The number of rotatable bonds is 6. The van der Waals surface area contributed by atoms with Gasteiger partial charge in [0.05, 0.1) is 25.4 Å². The van der Waals surface area contributed by atoms with Crippen molar-refractivity contribution in [3.05, 3.63) is 17.0 Å². The molecule has 0 spiro atoms. The van der Waals surface area contributed by atoms with E-state index in [4.69, 9.17) is 5.11 Å². The van der Waals surface area contributed by atoms with E-state index in [1.807, 2.05) is 23.4 Å². The second-order valence-corrected chi connectivity index (χ2v) is 5.56. The van der Waals surface area contributed by atoms with Gasteiger partial charge in [-0.3, -0.25) is 14.5 Å². The zero-order valence-electron chi connectivity index (χ0n) is 12.7. The SMILES string of the molecule is Cc1nn(CCO)c(C)c1CN1CCN(CC(F)F)CC1. The van der Waals surface area contributed by atoms with Gasteiger partial charge in [-0.15, -0.1) is 0 Å². The number of aromatic nitrogens is 2. The molecule has 1 aromatic heterocycles. The summed E-state index contributed by atoms with van der Waals surface area (Å²) in [5.41, 5.74) is 3.25. The van der Waals surface area contributed by atoms with Gasteiger partial charge in [0.25, 0.3) is 6.43 Å². The third-order valence-corrected chi connectivity index (χ3v) is 4.09. The summed E-state index contributed by atoms with van der Waals surface area (Å²) in [6.45, 7) is 8.23. The Balaban J connectivity index is 1.91. The standard InChI is InChI=1S/C14H24F2N4O/c1-11-13(12(2)20(17-11)7-8-21)9-18-3-5-19(6-4-18)10-14(15)16/h14,21H,3-10H2,1-2H3. The Morgan fingerprint density at radius 1 is 1.14 bits per heavy atom. The number of hydrogen-bond acceptors (Lipinski definition) is 4. The lowest BCUT2D eigenvalue weighted by molar-refractivity contribution is 0.0542. The van der Waals surface area contributed by atoms with Crippen LogP contribution in [0.15, 0.2) is 0 Å². The fourth-order valence-corrected chi connectivity index (χ4v) is 2.82. The minimum Gasteiger partial charge on any atom is -0.394 e. The van der Waals surface area contributed by atoms with Crippen LogP contribution in [0.1, 0.15) is 17.0 Å². The highest BCUT2D eigenvalue weighted by Gasteiger charge is 2.21. The van der Waals surface area contributed by atoms with Gasteiger partial charge in [0.2, 0.25) is 0 Å². The molecule has 1 aliphatic rings. The number of aliphatic hydroxyl groups is 1. The van der Waals surface area contributed by atoms with Crippen LogP contribution in [0.2, 0.25) is 0 Å². The van der Waals surface area contributed by atoms with E-state index in [1.54, 1.807) is 0 Å². The van der Waals surface area contributed by atoms with Gasteiger partial charge in [-0.05, 0) is 13.8 Å². The van der Waals surface area contributed by atoms with E-state index in [2.05, 4.69) is 10.00 Å². The number of nitrogens with zero attached hydrogens (tertiary/aromatic N) is 4. The minimum absolute atomic E-state index is 0.0771. The summed E-state index contributed by atoms with van der Waals surface area (Å²) in [7, 11) is 0. The predicted molar refractivity (Wildman–Crippen MR) is 76.5 cm³/mol. The molecule has 0 aliphatic carbocycles. The molecule has 1 aromatic rings. The predicted octanol–water partition coefficient (Wildman–Crippen LogP) is 0.875. The first-order chi connectivity index (χ1) is 10.0. The van der Waals surface area contributed by atoms with Crippen LogP contribution < -0.4 is 0 Å².